The molecule has 0 fully saturated rings. The standard InChI is InChI=1S/C16H19N3O2/c1-5-6-19-16(17)13(9-20)14(18-19)12-8-10(2)7-11(3)15(12)21-4/h5,7-9H,1,6,17H2,2-4H3. The number of carbonyl (C=O) groups excluding carboxylic acids is 1. The third-order valence-corrected chi connectivity index (χ3v) is 3.33. The minimum Gasteiger partial charge on any atom is -0.496 e. The van der Waals surface area contributed by atoms with E-state index in [2.05, 4.69) is 11.7 Å². The van der Waals surface area contributed by atoms with Crippen LogP contribution in [0.1, 0.15) is 21.5 Å². The first-order valence-corrected chi connectivity index (χ1v) is 6.61. The number of benzene rings is 1. The molecule has 21 heavy (non-hydrogen) atoms. The van der Waals surface area contributed by atoms with Crippen LogP contribution >= 0.6 is 0 Å². The van der Waals surface area contributed by atoms with Crippen LogP contribution < -0.4 is 10.5 Å². The van der Waals surface area contributed by atoms with Gasteiger partial charge in [0.2, 0.25) is 0 Å². The first kappa shape index (κ1) is 14.8. The number of ether oxygens (including phenoxy) is 1. The predicted molar refractivity (Wildman–Crippen MR) is 83.7 cm³/mol. The molecule has 110 valence electrons. The Kier molecular flexibility index (Phi) is 4.12. The normalized spacial score (nSPS) is 10.4. The van der Waals surface area contributed by atoms with E-state index >= 15 is 0 Å². The highest BCUT2D eigenvalue weighted by atomic mass is 16.5. The van der Waals surface area contributed by atoms with Crippen molar-refractivity contribution in [2.75, 3.05) is 12.8 Å². The van der Waals surface area contributed by atoms with Crippen LogP contribution in [0.5, 0.6) is 5.75 Å². The van der Waals surface area contributed by atoms with Crippen LogP contribution in [0.4, 0.5) is 5.82 Å². The van der Waals surface area contributed by atoms with Gasteiger partial charge >= 0.3 is 0 Å². The molecule has 0 atom stereocenters. The van der Waals surface area contributed by atoms with Crippen molar-refractivity contribution in [1.82, 2.24) is 9.78 Å². The summed E-state index contributed by atoms with van der Waals surface area (Å²) in [6.45, 7) is 8.06. The molecule has 0 aliphatic carbocycles. The fourth-order valence-corrected chi connectivity index (χ4v) is 2.47. The molecule has 5 nitrogen and oxygen atoms in total. The van der Waals surface area contributed by atoms with Gasteiger partial charge in [-0.25, -0.2) is 4.68 Å². The van der Waals surface area contributed by atoms with Crippen LogP contribution in [0.2, 0.25) is 0 Å². The maximum Gasteiger partial charge on any atom is 0.156 e. The molecule has 2 aromatic rings. The van der Waals surface area contributed by atoms with Gasteiger partial charge in [0.15, 0.2) is 6.29 Å². The van der Waals surface area contributed by atoms with Crippen LogP contribution in [-0.2, 0) is 6.54 Å². The minimum absolute atomic E-state index is 0.334. The number of hydrogen-bond donors (Lipinski definition) is 1. The van der Waals surface area contributed by atoms with Gasteiger partial charge in [-0.15, -0.1) is 6.58 Å². The van der Waals surface area contributed by atoms with Crippen LogP contribution in [0.3, 0.4) is 0 Å². The van der Waals surface area contributed by atoms with Crippen molar-refractivity contribution >= 4 is 12.1 Å². The smallest absolute Gasteiger partial charge is 0.156 e. The molecule has 2 rings (SSSR count). The Hall–Kier alpha value is -2.56. The molecule has 0 radical (unpaired) electrons. The Morgan fingerprint density at radius 2 is 2.14 bits per heavy atom. The number of aldehydes is 1. The molecule has 0 saturated heterocycles. The summed E-state index contributed by atoms with van der Waals surface area (Å²) < 4.78 is 7.03. The van der Waals surface area contributed by atoms with Crippen molar-refractivity contribution in [3.63, 3.8) is 0 Å². The molecule has 0 unspecified atom stereocenters. The number of nitrogen functional groups attached to an aromatic ring is 1. The predicted octanol–water partition coefficient (Wildman–Crippen LogP) is 2.76. The topological polar surface area (TPSA) is 70.1 Å². The largest absolute Gasteiger partial charge is 0.496 e. The molecule has 1 aromatic heterocycles. The lowest BCUT2D eigenvalue weighted by atomic mass is 10.0. The number of aryl methyl sites for hydroxylation is 2. The summed E-state index contributed by atoms with van der Waals surface area (Å²) in [7, 11) is 1.60. The zero-order chi connectivity index (χ0) is 15.6. The van der Waals surface area contributed by atoms with Gasteiger partial charge in [-0.05, 0) is 31.0 Å². The Morgan fingerprint density at radius 3 is 2.71 bits per heavy atom. The van der Waals surface area contributed by atoms with Crippen LogP contribution in [0.15, 0.2) is 24.8 Å². The van der Waals surface area contributed by atoms with E-state index in [1.54, 1.807) is 17.9 Å². The molecule has 0 saturated carbocycles. The van der Waals surface area contributed by atoms with E-state index in [0.717, 1.165) is 23.0 Å². The van der Waals surface area contributed by atoms with Crippen molar-refractivity contribution in [2.45, 2.75) is 20.4 Å². The van der Waals surface area contributed by atoms with Crippen LogP contribution in [-0.4, -0.2) is 23.2 Å². The van der Waals surface area contributed by atoms with Crippen LogP contribution in [0.25, 0.3) is 11.3 Å². The summed E-state index contributed by atoms with van der Waals surface area (Å²) in [6.07, 6.45) is 2.41. The highest BCUT2D eigenvalue weighted by molar-refractivity contribution is 5.93. The highest BCUT2D eigenvalue weighted by Crippen LogP contribution is 2.36. The van der Waals surface area contributed by atoms with Crippen LogP contribution in [0, 0.1) is 13.8 Å². The number of nitrogens with zero attached hydrogens (tertiary/aromatic N) is 2. The van der Waals surface area contributed by atoms with E-state index in [0.29, 0.717) is 29.4 Å². The molecule has 0 aliphatic rings. The second-order valence-corrected chi connectivity index (χ2v) is 4.90. The molecule has 0 spiro atoms. The molecule has 0 amide bonds. The van der Waals surface area contributed by atoms with Crippen molar-refractivity contribution in [3.8, 4) is 17.0 Å². The lowest BCUT2D eigenvalue weighted by Crippen LogP contribution is -2.03. The summed E-state index contributed by atoms with van der Waals surface area (Å²) in [6, 6.07) is 3.96. The molecule has 0 bridgehead atoms. The fourth-order valence-electron chi connectivity index (χ4n) is 2.47. The number of allylic oxidation sites excluding steroid dienone is 1. The molecule has 1 aromatic carbocycles. The highest BCUT2D eigenvalue weighted by Gasteiger charge is 2.20. The van der Waals surface area contributed by atoms with E-state index < -0.39 is 0 Å². The number of anilines is 1. The number of aromatic nitrogens is 2. The van der Waals surface area contributed by atoms with Gasteiger partial charge in [0.25, 0.3) is 0 Å². The number of carbonyl (C=O) groups is 1. The van der Waals surface area contributed by atoms with Crippen molar-refractivity contribution in [3.05, 3.63) is 41.5 Å². The monoisotopic (exact) mass is 285 g/mol. The quantitative estimate of drug-likeness (QED) is 0.677. The number of methoxy groups -OCH3 is 1. The van der Waals surface area contributed by atoms with E-state index in [4.69, 9.17) is 10.5 Å². The number of hydrogen-bond acceptors (Lipinski definition) is 4. The zero-order valence-corrected chi connectivity index (χ0v) is 12.5. The molecule has 5 heteroatoms. The SMILES string of the molecule is C=CCn1nc(-c2cc(C)cc(C)c2OC)c(C=O)c1N. The average molecular weight is 285 g/mol. The fraction of sp³-hybridized carbons (Fsp3) is 0.250. The number of nitrogens with two attached hydrogens (primary N) is 1. The van der Waals surface area contributed by atoms with Gasteiger partial charge < -0.3 is 10.5 Å². The molecule has 2 N–H and O–H groups in total. The summed E-state index contributed by atoms with van der Waals surface area (Å²) in [5, 5.41) is 4.44. The zero-order valence-electron chi connectivity index (χ0n) is 12.5. The van der Waals surface area contributed by atoms with Gasteiger partial charge in [-0.2, -0.15) is 5.10 Å². The average Bonchev–Trinajstić information content (AvgIpc) is 2.75. The third-order valence-electron chi connectivity index (χ3n) is 3.33. The third kappa shape index (κ3) is 2.54. The van der Waals surface area contributed by atoms with Gasteiger partial charge in [-0.1, -0.05) is 12.1 Å². The van der Waals surface area contributed by atoms with E-state index in [9.17, 15) is 4.79 Å². The number of rotatable bonds is 5. The van der Waals surface area contributed by atoms with Gasteiger partial charge in [0.1, 0.15) is 17.3 Å². The van der Waals surface area contributed by atoms with E-state index in [1.165, 1.54) is 0 Å². The lowest BCUT2D eigenvalue weighted by molar-refractivity contribution is 0.112. The van der Waals surface area contributed by atoms with Crippen molar-refractivity contribution in [2.24, 2.45) is 0 Å². The molecular weight excluding hydrogens is 266 g/mol. The lowest BCUT2D eigenvalue weighted by Gasteiger charge is -2.11. The minimum atomic E-state index is 0.334. The molecule has 0 aliphatic heterocycles. The molecule has 1 heterocycles. The van der Waals surface area contributed by atoms with Crippen molar-refractivity contribution in [1.29, 1.82) is 0 Å². The van der Waals surface area contributed by atoms with Crippen molar-refractivity contribution < 1.29 is 9.53 Å². The Balaban J connectivity index is 2.75. The maximum atomic E-state index is 11.4. The first-order chi connectivity index (χ1) is 10.0. The van der Waals surface area contributed by atoms with Gasteiger partial charge in [0, 0.05) is 5.56 Å². The maximum absolute atomic E-state index is 11.4. The summed E-state index contributed by atoms with van der Waals surface area (Å²) in [4.78, 5) is 11.4. The van der Waals surface area contributed by atoms with E-state index in [1.807, 2.05) is 26.0 Å². The molecular formula is C16H19N3O2. The Bertz CT molecular complexity index is 702. The Morgan fingerprint density at radius 1 is 1.43 bits per heavy atom. The Labute approximate surface area is 124 Å². The van der Waals surface area contributed by atoms with Gasteiger partial charge in [0.05, 0.1) is 19.2 Å². The summed E-state index contributed by atoms with van der Waals surface area (Å²) >= 11 is 0. The summed E-state index contributed by atoms with van der Waals surface area (Å²) in [5.41, 5.74) is 9.72. The first-order valence-electron chi connectivity index (χ1n) is 6.61. The second kappa shape index (κ2) is 5.83. The summed E-state index contributed by atoms with van der Waals surface area (Å²) in [5.74, 6) is 1.04. The van der Waals surface area contributed by atoms with Gasteiger partial charge in [-0.3, -0.25) is 4.79 Å². The van der Waals surface area contributed by atoms with E-state index in [-0.39, 0.29) is 0 Å². The second-order valence-electron chi connectivity index (χ2n) is 4.90.